The van der Waals surface area contributed by atoms with E-state index >= 15 is 0 Å². The summed E-state index contributed by atoms with van der Waals surface area (Å²) in [7, 11) is 0. The molecule has 5 atom stereocenters. The third kappa shape index (κ3) is 10.9. The van der Waals surface area contributed by atoms with Crippen molar-refractivity contribution >= 4 is 47.2 Å². The second kappa shape index (κ2) is 16.2. The quantitative estimate of drug-likeness (QED) is 0.215. The van der Waals surface area contributed by atoms with Gasteiger partial charge in [0.1, 0.15) is 18.1 Å². The maximum Gasteiger partial charge on any atom is 0.326 e. The number of aliphatic carboxylic acids is 1. The number of rotatable bonds is 16. The van der Waals surface area contributed by atoms with Crippen LogP contribution in [-0.2, 0) is 19.2 Å². The summed E-state index contributed by atoms with van der Waals surface area (Å²) in [5.41, 5.74) is 6.00. The van der Waals surface area contributed by atoms with E-state index in [0.29, 0.717) is 24.3 Å². The highest BCUT2D eigenvalue weighted by atomic mass is 32.2. The molecule has 0 aromatic rings. The lowest BCUT2D eigenvalue weighted by Gasteiger charge is -2.26. The van der Waals surface area contributed by atoms with Gasteiger partial charge in [0.2, 0.25) is 17.7 Å². The van der Waals surface area contributed by atoms with Crippen molar-refractivity contribution in [2.75, 3.05) is 24.0 Å². The molecule has 11 heteroatoms. The van der Waals surface area contributed by atoms with Crippen molar-refractivity contribution in [3.05, 3.63) is 0 Å². The lowest BCUT2D eigenvalue weighted by atomic mass is 9.99. The number of nitrogens with one attached hydrogen (secondary N) is 3. The van der Waals surface area contributed by atoms with E-state index < -0.39 is 47.9 Å². The van der Waals surface area contributed by atoms with Gasteiger partial charge < -0.3 is 26.8 Å². The molecule has 186 valence electrons. The molecule has 0 saturated carbocycles. The van der Waals surface area contributed by atoms with Crippen LogP contribution in [0.5, 0.6) is 0 Å². The van der Waals surface area contributed by atoms with Gasteiger partial charge in [-0.1, -0.05) is 34.1 Å². The molecule has 5 unspecified atom stereocenters. The molecule has 0 spiro atoms. The number of carboxylic acid groups (broad SMARTS) is 1. The van der Waals surface area contributed by atoms with Gasteiger partial charge in [-0.2, -0.15) is 23.5 Å². The van der Waals surface area contributed by atoms with E-state index in [0.717, 1.165) is 6.42 Å². The zero-order chi connectivity index (χ0) is 24.8. The number of thioether (sulfide) groups is 2. The third-order valence-corrected chi connectivity index (χ3v) is 6.57. The van der Waals surface area contributed by atoms with Crippen molar-refractivity contribution in [2.45, 2.75) is 71.1 Å². The number of carbonyl (C=O) groups is 4. The molecule has 0 aromatic carbocycles. The van der Waals surface area contributed by atoms with E-state index in [9.17, 15) is 24.3 Å². The standard InChI is InChI=1S/C21H40N4O5S2/c1-7-13(4)16(22)20(28)24-14(8-10-31-5)18(26)23-15(9-11-32-6)19(27)25-17(12(2)3)21(29)30/h12-17H,7-11,22H2,1-6H3,(H,23,26)(H,24,28)(H,25,27)(H,29,30). The van der Waals surface area contributed by atoms with Crippen LogP contribution in [0.15, 0.2) is 0 Å². The van der Waals surface area contributed by atoms with Crippen LogP contribution in [0.25, 0.3) is 0 Å². The Balaban J connectivity index is 5.44. The zero-order valence-corrected chi connectivity index (χ0v) is 21.6. The van der Waals surface area contributed by atoms with Crippen LogP contribution < -0.4 is 21.7 Å². The molecule has 0 radical (unpaired) electrons. The lowest BCUT2D eigenvalue weighted by molar-refractivity contribution is -0.143. The fourth-order valence-corrected chi connectivity index (χ4v) is 3.77. The Kier molecular flexibility index (Phi) is 15.5. The van der Waals surface area contributed by atoms with Crippen molar-refractivity contribution in [3.63, 3.8) is 0 Å². The highest BCUT2D eigenvalue weighted by molar-refractivity contribution is 7.98. The summed E-state index contributed by atoms with van der Waals surface area (Å²) in [5.74, 6) is -1.71. The first-order chi connectivity index (χ1) is 15.0. The van der Waals surface area contributed by atoms with E-state index in [1.807, 2.05) is 26.4 Å². The first-order valence-electron chi connectivity index (χ1n) is 10.9. The van der Waals surface area contributed by atoms with Gasteiger partial charge in [0, 0.05) is 0 Å². The van der Waals surface area contributed by atoms with Gasteiger partial charge in [0.05, 0.1) is 6.04 Å². The molecule has 0 bridgehead atoms. The number of hydrogen-bond acceptors (Lipinski definition) is 7. The summed E-state index contributed by atoms with van der Waals surface area (Å²) in [4.78, 5) is 49.8. The smallest absolute Gasteiger partial charge is 0.326 e. The van der Waals surface area contributed by atoms with Crippen molar-refractivity contribution in [2.24, 2.45) is 17.6 Å². The van der Waals surface area contributed by atoms with Gasteiger partial charge in [0.15, 0.2) is 0 Å². The molecule has 0 heterocycles. The van der Waals surface area contributed by atoms with E-state index in [1.54, 1.807) is 13.8 Å². The largest absolute Gasteiger partial charge is 0.480 e. The Morgan fingerprint density at radius 2 is 1.28 bits per heavy atom. The average Bonchev–Trinajstić information content (AvgIpc) is 2.75. The number of nitrogens with two attached hydrogens (primary N) is 1. The van der Waals surface area contributed by atoms with Crippen LogP contribution in [0.1, 0.15) is 47.0 Å². The molecule has 0 fully saturated rings. The maximum atomic E-state index is 13.0. The summed E-state index contributed by atoms with van der Waals surface area (Å²) in [6.45, 7) is 7.20. The van der Waals surface area contributed by atoms with Gasteiger partial charge in [-0.3, -0.25) is 14.4 Å². The van der Waals surface area contributed by atoms with E-state index in [4.69, 9.17) is 5.73 Å². The highest BCUT2D eigenvalue weighted by Gasteiger charge is 2.31. The predicted molar refractivity (Wildman–Crippen MR) is 132 cm³/mol. The molecule has 0 aliphatic heterocycles. The molecular weight excluding hydrogens is 452 g/mol. The molecule has 3 amide bonds. The summed E-state index contributed by atoms with van der Waals surface area (Å²) in [6.07, 6.45) is 5.22. The molecule has 0 aliphatic rings. The van der Waals surface area contributed by atoms with Crippen LogP contribution >= 0.6 is 23.5 Å². The minimum atomic E-state index is -1.13. The molecule has 32 heavy (non-hydrogen) atoms. The molecule has 6 N–H and O–H groups in total. The first kappa shape index (κ1) is 30.5. The van der Waals surface area contributed by atoms with Crippen molar-refractivity contribution in [1.82, 2.24) is 16.0 Å². The Morgan fingerprint density at radius 1 is 0.844 bits per heavy atom. The molecule has 0 saturated heterocycles. The summed E-state index contributed by atoms with van der Waals surface area (Å²) < 4.78 is 0. The van der Waals surface area contributed by atoms with Gasteiger partial charge in [0.25, 0.3) is 0 Å². The number of hydrogen-bond donors (Lipinski definition) is 5. The lowest BCUT2D eigenvalue weighted by Crippen LogP contribution is -2.58. The highest BCUT2D eigenvalue weighted by Crippen LogP contribution is 2.09. The number of carbonyl (C=O) groups excluding carboxylic acids is 3. The third-order valence-electron chi connectivity index (χ3n) is 5.28. The van der Waals surface area contributed by atoms with E-state index in [2.05, 4.69) is 16.0 Å². The van der Waals surface area contributed by atoms with Gasteiger partial charge in [-0.15, -0.1) is 0 Å². The number of carboxylic acids is 1. The second-order valence-electron chi connectivity index (χ2n) is 8.17. The SMILES string of the molecule is CCC(C)C(N)C(=O)NC(CCSC)C(=O)NC(CCSC)C(=O)NC(C(=O)O)C(C)C. The monoisotopic (exact) mass is 492 g/mol. The molecular formula is C21H40N4O5S2. The maximum absolute atomic E-state index is 13.0. The van der Waals surface area contributed by atoms with Crippen LogP contribution in [-0.4, -0.2) is 77.0 Å². The van der Waals surface area contributed by atoms with Crippen LogP contribution in [0.2, 0.25) is 0 Å². The van der Waals surface area contributed by atoms with E-state index in [1.165, 1.54) is 23.5 Å². The fourth-order valence-electron chi connectivity index (χ4n) is 2.83. The number of amides is 3. The van der Waals surface area contributed by atoms with Crippen molar-refractivity contribution in [1.29, 1.82) is 0 Å². The Labute approximate surface area is 200 Å². The average molecular weight is 493 g/mol. The molecule has 0 aliphatic carbocycles. The summed E-state index contributed by atoms with van der Waals surface area (Å²) >= 11 is 3.05. The minimum Gasteiger partial charge on any atom is -0.480 e. The summed E-state index contributed by atoms with van der Waals surface area (Å²) in [5, 5.41) is 17.3. The Bertz CT molecular complexity index is 621. The first-order valence-corrected chi connectivity index (χ1v) is 13.7. The fraction of sp³-hybridized carbons (Fsp3) is 0.810. The zero-order valence-electron chi connectivity index (χ0n) is 20.0. The Morgan fingerprint density at radius 3 is 1.66 bits per heavy atom. The van der Waals surface area contributed by atoms with Crippen molar-refractivity contribution in [3.8, 4) is 0 Å². The van der Waals surface area contributed by atoms with Crippen LogP contribution in [0, 0.1) is 11.8 Å². The topological polar surface area (TPSA) is 151 Å². The van der Waals surface area contributed by atoms with E-state index in [-0.39, 0.29) is 11.8 Å². The summed E-state index contributed by atoms with van der Waals surface area (Å²) in [6, 6.07) is -3.54. The van der Waals surface area contributed by atoms with Crippen molar-refractivity contribution < 1.29 is 24.3 Å². The minimum absolute atomic E-state index is 0.0386. The normalized spacial score (nSPS) is 15.9. The second-order valence-corrected chi connectivity index (χ2v) is 10.1. The Hall–Kier alpha value is -1.46. The molecule has 0 rings (SSSR count). The van der Waals surface area contributed by atoms with Gasteiger partial charge in [-0.05, 0) is 48.7 Å². The van der Waals surface area contributed by atoms with Crippen LogP contribution in [0.4, 0.5) is 0 Å². The van der Waals surface area contributed by atoms with Gasteiger partial charge >= 0.3 is 5.97 Å². The van der Waals surface area contributed by atoms with Crippen LogP contribution in [0.3, 0.4) is 0 Å². The van der Waals surface area contributed by atoms with Gasteiger partial charge in [-0.25, -0.2) is 4.79 Å². The predicted octanol–water partition coefficient (Wildman–Crippen LogP) is 1.06. The molecule has 0 aromatic heterocycles. The molecule has 9 nitrogen and oxygen atoms in total.